The second kappa shape index (κ2) is 5.79. The zero-order chi connectivity index (χ0) is 11.8. The van der Waals surface area contributed by atoms with Crippen LogP contribution in [0.2, 0.25) is 0 Å². The van der Waals surface area contributed by atoms with Crippen LogP contribution < -0.4 is 5.32 Å². The first-order valence-electron chi connectivity index (χ1n) is 7.30. The van der Waals surface area contributed by atoms with Gasteiger partial charge in [0, 0.05) is 18.6 Å². The van der Waals surface area contributed by atoms with Crippen molar-refractivity contribution in [3.63, 3.8) is 0 Å². The molecule has 2 unspecified atom stereocenters. The highest BCUT2D eigenvalue weighted by molar-refractivity contribution is 5.85. The first-order valence-corrected chi connectivity index (χ1v) is 7.30. The summed E-state index contributed by atoms with van der Waals surface area (Å²) in [4.78, 5) is 14.9. The van der Waals surface area contributed by atoms with E-state index in [9.17, 15) is 4.79 Å². The SMILES string of the molecule is CC(C1CC1)N(C(=O)C1CCCNC1)C1CC1.Cl. The van der Waals surface area contributed by atoms with E-state index >= 15 is 0 Å². The van der Waals surface area contributed by atoms with Crippen LogP contribution in [0.3, 0.4) is 0 Å². The molecule has 1 amide bonds. The van der Waals surface area contributed by atoms with E-state index in [2.05, 4.69) is 17.1 Å². The molecule has 0 aromatic rings. The molecule has 2 aliphatic carbocycles. The van der Waals surface area contributed by atoms with Gasteiger partial charge in [-0.05, 0) is 57.9 Å². The van der Waals surface area contributed by atoms with Crippen LogP contribution in [-0.2, 0) is 4.79 Å². The van der Waals surface area contributed by atoms with Crippen molar-refractivity contribution in [1.29, 1.82) is 0 Å². The Morgan fingerprint density at radius 3 is 2.44 bits per heavy atom. The Bertz CT molecular complexity index is 296. The monoisotopic (exact) mass is 272 g/mol. The van der Waals surface area contributed by atoms with Gasteiger partial charge in [0.2, 0.25) is 5.91 Å². The lowest BCUT2D eigenvalue weighted by Gasteiger charge is -2.34. The third kappa shape index (κ3) is 3.00. The molecule has 3 fully saturated rings. The van der Waals surface area contributed by atoms with Crippen LogP contribution in [0.25, 0.3) is 0 Å². The standard InChI is InChI=1S/C14H24N2O.ClH/c1-10(11-4-5-11)16(13-6-7-13)14(17)12-3-2-8-15-9-12;/h10-13,15H,2-9H2,1H3;1H. The number of carbonyl (C=O) groups excluding carboxylic acids is 1. The maximum Gasteiger partial charge on any atom is 0.227 e. The van der Waals surface area contributed by atoms with Crippen molar-refractivity contribution in [1.82, 2.24) is 10.2 Å². The molecular formula is C14H25ClN2O. The molecule has 0 bridgehead atoms. The third-order valence-electron chi connectivity index (χ3n) is 4.58. The van der Waals surface area contributed by atoms with Gasteiger partial charge in [-0.2, -0.15) is 0 Å². The van der Waals surface area contributed by atoms with Gasteiger partial charge in [-0.3, -0.25) is 4.79 Å². The second-order valence-electron chi connectivity index (χ2n) is 6.10. The summed E-state index contributed by atoms with van der Waals surface area (Å²) in [6.07, 6.45) is 7.40. The molecule has 3 aliphatic rings. The minimum absolute atomic E-state index is 0. The highest BCUT2D eigenvalue weighted by atomic mass is 35.5. The van der Waals surface area contributed by atoms with E-state index in [1.807, 2.05) is 0 Å². The predicted octanol–water partition coefficient (Wildman–Crippen LogP) is 2.20. The number of amides is 1. The Morgan fingerprint density at radius 2 is 1.94 bits per heavy atom. The number of rotatable bonds is 4. The molecule has 4 heteroatoms. The summed E-state index contributed by atoms with van der Waals surface area (Å²) >= 11 is 0. The fourth-order valence-corrected chi connectivity index (χ4v) is 3.15. The number of halogens is 1. The lowest BCUT2D eigenvalue weighted by molar-refractivity contribution is -0.139. The zero-order valence-electron chi connectivity index (χ0n) is 11.2. The maximum atomic E-state index is 12.6. The van der Waals surface area contributed by atoms with Crippen LogP contribution in [0.4, 0.5) is 0 Å². The summed E-state index contributed by atoms with van der Waals surface area (Å²) in [5.74, 6) is 1.50. The van der Waals surface area contributed by atoms with E-state index in [-0.39, 0.29) is 18.3 Å². The first kappa shape index (κ1) is 14.1. The van der Waals surface area contributed by atoms with Crippen molar-refractivity contribution >= 4 is 18.3 Å². The molecule has 3 rings (SSSR count). The minimum Gasteiger partial charge on any atom is -0.336 e. The molecule has 0 aromatic heterocycles. The van der Waals surface area contributed by atoms with Gasteiger partial charge in [0.15, 0.2) is 0 Å². The second-order valence-corrected chi connectivity index (χ2v) is 6.10. The van der Waals surface area contributed by atoms with Crippen molar-refractivity contribution < 1.29 is 4.79 Å². The van der Waals surface area contributed by atoms with Crippen molar-refractivity contribution in [2.45, 2.75) is 57.5 Å². The lowest BCUT2D eigenvalue weighted by atomic mass is 9.97. The molecule has 0 radical (unpaired) electrons. The van der Waals surface area contributed by atoms with E-state index in [0.29, 0.717) is 18.0 Å². The molecule has 2 saturated carbocycles. The average Bonchev–Trinajstić information content (AvgIpc) is 3.21. The Labute approximate surface area is 116 Å². The highest BCUT2D eigenvalue weighted by Crippen LogP contribution is 2.40. The molecule has 18 heavy (non-hydrogen) atoms. The fourth-order valence-electron chi connectivity index (χ4n) is 3.15. The molecule has 1 aliphatic heterocycles. The van der Waals surface area contributed by atoms with Crippen LogP contribution in [-0.4, -0.2) is 36.0 Å². The predicted molar refractivity (Wildman–Crippen MR) is 74.9 cm³/mol. The summed E-state index contributed by atoms with van der Waals surface area (Å²) in [7, 11) is 0. The number of nitrogens with zero attached hydrogens (tertiary/aromatic N) is 1. The molecule has 0 aromatic carbocycles. The fraction of sp³-hybridized carbons (Fsp3) is 0.929. The topological polar surface area (TPSA) is 32.3 Å². The summed E-state index contributed by atoms with van der Waals surface area (Å²) in [6.45, 7) is 4.26. The van der Waals surface area contributed by atoms with Gasteiger partial charge in [-0.25, -0.2) is 0 Å². The Morgan fingerprint density at radius 1 is 1.22 bits per heavy atom. The summed E-state index contributed by atoms with van der Waals surface area (Å²) in [5, 5.41) is 3.37. The zero-order valence-corrected chi connectivity index (χ0v) is 12.0. The van der Waals surface area contributed by atoms with E-state index in [1.54, 1.807) is 0 Å². The molecule has 1 saturated heterocycles. The minimum atomic E-state index is 0. The molecule has 1 heterocycles. The maximum absolute atomic E-state index is 12.6. The van der Waals surface area contributed by atoms with E-state index < -0.39 is 0 Å². The normalized spacial score (nSPS) is 29.3. The van der Waals surface area contributed by atoms with Gasteiger partial charge in [-0.15, -0.1) is 12.4 Å². The quantitative estimate of drug-likeness (QED) is 0.851. The van der Waals surface area contributed by atoms with E-state index in [1.165, 1.54) is 25.7 Å². The molecule has 3 nitrogen and oxygen atoms in total. The van der Waals surface area contributed by atoms with Gasteiger partial charge in [-0.1, -0.05) is 0 Å². The Balaban J connectivity index is 0.00000120. The Kier molecular flexibility index (Phi) is 4.54. The van der Waals surface area contributed by atoms with E-state index in [4.69, 9.17) is 0 Å². The molecule has 104 valence electrons. The van der Waals surface area contributed by atoms with Crippen molar-refractivity contribution in [3.8, 4) is 0 Å². The third-order valence-corrected chi connectivity index (χ3v) is 4.58. The number of hydrogen-bond donors (Lipinski definition) is 1. The lowest BCUT2D eigenvalue weighted by Crippen LogP contribution is -2.48. The number of carbonyl (C=O) groups is 1. The summed E-state index contributed by atoms with van der Waals surface area (Å²) < 4.78 is 0. The first-order chi connectivity index (χ1) is 8.27. The number of piperidine rings is 1. The van der Waals surface area contributed by atoms with Gasteiger partial charge in [0.25, 0.3) is 0 Å². The molecule has 1 N–H and O–H groups in total. The van der Waals surface area contributed by atoms with Crippen LogP contribution in [0.5, 0.6) is 0 Å². The van der Waals surface area contributed by atoms with Crippen LogP contribution in [0.15, 0.2) is 0 Å². The summed E-state index contributed by atoms with van der Waals surface area (Å²) in [6, 6.07) is 1.08. The van der Waals surface area contributed by atoms with Gasteiger partial charge in [0.1, 0.15) is 0 Å². The summed E-state index contributed by atoms with van der Waals surface area (Å²) in [5.41, 5.74) is 0. The van der Waals surface area contributed by atoms with Crippen molar-refractivity contribution in [3.05, 3.63) is 0 Å². The molecule has 2 atom stereocenters. The van der Waals surface area contributed by atoms with Crippen LogP contribution >= 0.6 is 12.4 Å². The van der Waals surface area contributed by atoms with Gasteiger partial charge >= 0.3 is 0 Å². The molecular weight excluding hydrogens is 248 g/mol. The average molecular weight is 273 g/mol. The number of hydrogen-bond acceptors (Lipinski definition) is 2. The molecule has 0 spiro atoms. The van der Waals surface area contributed by atoms with Crippen LogP contribution in [0.1, 0.15) is 45.4 Å². The smallest absolute Gasteiger partial charge is 0.227 e. The highest BCUT2D eigenvalue weighted by Gasteiger charge is 2.43. The largest absolute Gasteiger partial charge is 0.336 e. The Hall–Kier alpha value is -0.280. The van der Waals surface area contributed by atoms with Crippen molar-refractivity contribution in [2.24, 2.45) is 11.8 Å². The van der Waals surface area contributed by atoms with Gasteiger partial charge < -0.3 is 10.2 Å². The van der Waals surface area contributed by atoms with Gasteiger partial charge in [0.05, 0.1) is 5.92 Å². The van der Waals surface area contributed by atoms with Crippen LogP contribution in [0, 0.1) is 11.8 Å². The van der Waals surface area contributed by atoms with Crippen molar-refractivity contribution in [2.75, 3.05) is 13.1 Å². The number of nitrogens with one attached hydrogen (secondary N) is 1. The van der Waals surface area contributed by atoms with E-state index in [0.717, 1.165) is 31.8 Å².